The summed E-state index contributed by atoms with van der Waals surface area (Å²) in [6.07, 6.45) is 1.44. The number of nitrogens with one attached hydrogen (secondary N) is 2. The van der Waals surface area contributed by atoms with Crippen molar-refractivity contribution in [3.05, 3.63) is 27.0 Å². The molecule has 62 valence electrons. The second kappa shape index (κ2) is 2.07. The molecule has 2 N–H and O–H groups in total. The number of aromatic amines is 2. The van der Waals surface area contributed by atoms with Gasteiger partial charge in [0.15, 0.2) is 0 Å². The number of hydrogen-bond donors (Lipinski definition) is 2. The van der Waals surface area contributed by atoms with Gasteiger partial charge in [-0.25, -0.2) is 4.79 Å². The molecule has 0 unspecified atom stereocenters. The number of rotatable bonds is 0. The third-order valence-electron chi connectivity index (χ3n) is 1.73. The lowest BCUT2D eigenvalue weighted by Gasteiger charge is -1.95. The highest BCUT2D eigenvalue weighted by Crippen LogP contribution is 1.98. The summed E-state index contributed by atoms with van der Waals surface area (Å²) in [5.74, 6) is 0. The van der Waals surface area contributed by atoms with Crippen molar-refractivity contribution in [2.45, 2.75) is 0 Å². The lowest BCUT2D eigenvalue weighted by molar-refractivity contribution is 0.843. The maximum atomic E-state index is 11.1. The van der Waals surface area contributed by atoms with Crippen LogP contribution < -0.4 is 11.2 Å². The van der Waals surface area contributed by atoms with Crippen LogP contribution in [0.4, 0.5) is 0 Å². The van der Waals surface area contributed by atoms with Crippen LogP contribution in [-0.4, -0.2) is 19.7 Å². The van der Waals surface area contributed by atoms with Crippen molar-refractivity contribution in [3.63, 3.8) is 0 Å². The second-order valence-corrected chi connectivity index (χ2v) is 2.45. The van der Waals surface area contributed by atoms with E-state index in [2.05, 4.69) is 15.2 Å². The van der Waals surface area contributed by atoms with E-state index >= 15 is 0 Å². The van der Waals surface area contributed by atoms with Crippen molar-refractivity contribution in [3.8, 4) is 0 Å². The average molecular weight is 166 g/mol. The molecule has 0 amide bonds. The Labute approximate surface area is 65.8 Å². The van der Waals surface area contributed by atoms with Crippen molar-refractivity contribution in [1.82, 2.24) is 19.7 Å². The monoisotopic (exact) mass is 166 g/mol. The Morgan fingerprint density at radius 1 is 1.50 bits per heavy atom. The number of aromatic nitrogens is 4. The Morgan fingerprint density at radius 3 is 3.00 bits per heavy atom. The summed E-state index contributed by atoms with van der Waals surface area (Å²) in [7, 11) is 1.57. The first kappa shape index (κ1) is 6.84. The molecule has 0 aliphatic rings. The van der Waals surface area contributed by atoms with Crippen LogP contribution >= 0.6 is 0 Å². The molecule has 0 aromatic carbocycles. The van der Waals surface area contributed by atoms with Crippen LogP contribution in [0.25, 0.3) is 11.0 Å². The number of aryl methyl sites for hydroxylation is 1. The summed E-state index contributed by atoms with van der Waals surface area (Å²) in [5.41, 5.74) is -0.0552. The van der Waals surface area contributed by atoms with Crippen molar-refractivity contribution >= 4 is 11.0 Å². The third-order valence-corrected chi connectivity index (χ3v) is 1.73. The predicted molar refractivity (Wildman–Crippen MR) is 42.0 cm³/mol. The molecule has 2 aromatic rings. The van der Waals surface area contributed by atoms with E-state index in [0.29, 0.717) is 11.0 Å². The normalized spacial score (nSPS) is 10.8. The first-order valence-corrected chi connectivity index (χ1v) is 3.32. The third kappa shape index (κ3) is 0.714. The van der Waals surface area contributed by atoms with Gasteiger partial charge >= 0.3 is 5.69 Å². The van der Waals surface area contributed by atoms with Crippen LogP contribution in [0.15, 0.2) is 15.8 Å². The fraction of sp³-hybridized carbons (Fsp3) is 0.167. The molecule has 0 fully saturated rings. The Hall–Kier alpha value is -1.85. The van der Waals surface area contributed by atoms with Crippen LogP contribution in [-0.2, 0) is 7.05 Å². The van der Waals surface area contributed by atoms with Gasteiger partial charge in [-0.3, -0.25) is 19.4 Å². The van der Waals surface area contributed by atoms with Crippen molar-refractivity contribution in [2.24, 2.45) is 7.05 Å². The molecule has 0 bridgehead atoms. The number of nitrogens with zero attached hydrogens (tertiary/aromatic N) is 2. The molecule has 2 heterocycles. The van der Waals surface area contributed by atoms with Gasteiger partial charge in [0, 0.05) is 7.05 Å². The smallest absolute Gasteiger partial charge is 0.293 e. The molecular formula is C6H6N4O2. The van der Waals surface area contributed by atoms with Crippen LogP contribution in [0.5, 0.6) is 0 Å². The van der Waals surface area contributed by atoms with Gasteiger partial charge in [0.1, 0.15) is 5.52 Å². The Kier molecular flexibility index (Phi) is 1.18. The SMILES string of the molecule is Cn1c(=O)[nH]c(=O)c2[nH]ncc21. The summed E-state index contributed by atoms with van der Waals surface area (Å²) in [6, 6.07) is 0. The summed E-state index contributed by atoms with van der Waals surface area (Å²) in [4.78, 5) is 24.2. The highest BCUT2D eigenvalue weighted by Gasteiger charge is 2.04. The number of fused-ring (bicyclic) bond motifs is 1. The minimum absolute atomic E-state index is 0.317. The fourth-order valence-electron chi connectivity index (χ4n) is 1.05. The molecule has 0 atom stereocenters. The van der Waals surface area contributed by atoms with Crippen LogP contribution in [0.3, 0.4) is 0 Å². The molecule has 12 heavy (non-hydrogen) atoms. The van der Waals surface area contributed by atoms with Gasteiger partial charge in [-0.2, -0.15) is 5.10 Å². The minimum Gasteiger partial charge on any atom is -0.293 e. The molecule has 6 heteroatoms. The molecular weight excluding hydrogens is 160 g/mol. The van der Waals surface area contributed by atoms with Gasteiger partial charge in [-0.15, -0.1) is 0 Å². The van der Waals surface area contributed by atoms with Gasteiger partial charge in [0.25, 0.3) is 5.56 Å². The molecule has 0 spiro atoms. The quantitative estimate of drug-likeness (QED) is 0.523. The first-order chi connectivity index (χ1) is 5.70. The highest BCUT2D eigenvalue weighted by molar-refractivity contribution is 5.71. The van der Waals surface area contributed by atoms with E-state index in [9.17, 15) is 9.59 Å². The summed E-state index contributed by atoms with van der Waals surface area (Å²) < 4.78 is 1.32. The van der Waals surface area contributed by atoms with E-state index in [0.717, 1.165) is 0 Å². The summed E-state index contributed by atoms with van der Waals surface area (Å²) in [5, 5.41) is 6.16. The lowest BCUT2D eigenvalue weighted by atomic mass is 10.4. The van der Waals surface area contributed by atoms with Crippen LogP contribution in [0, 0.1) is 0 Å². The molecule has 6 nitrogen and oxygen atoms in total. The zero-order chi connectivity index (χ0) is 8.72. The van der Waals surface area contributed by atoms with E-state index < -0.39 is 11.2 Å². The van der Waals surface area contributed by atoms with E-state index in [1.165, 1.54) is 10.8 Å². The van der Waals surface area contributed by atoms with Crippen molar-refractivity contribution in [2.75, 3.05) is 0 Å². The van der Waals surface area contributed by atoms with Crippen LogP contribution in [0.2, 0.25) is 0 Å². The standard InChI is InChI=1S/C6H6N4O2/c1-10-3-2-7-9-4(3)5(11)8-6(10)12/h2H,1H3,(H,7,9)(H,8,11,12). The van der Waals surface area contributed by atoms with Crippen molar-refractivity contribution in [1.29, 1.82) is 0 Å². The van der Waals surface area contributed by atoms with Crippen molar-refractivity contribution < 1.29 is 0 Å². The molecule has 0 saturated heterocycles. The van der Waals surface area contributed by atoms with Crippen LogP contribution in [0.1, 0.15) is 0 Å². The van der Waals surface area contributed by atoms with Gasteiger partial charge in [-0.05, 0) is 0 Å². The zero-order valence-corrected chi connectivity index (χ0v) is 6.29. The predicted octanol–water partition coefficient (Wildman–Crippen LogP) is -1.05. The molecule has 0 aliphatic heterocycles. The van der Waals surface area contributed by atoms with Gasteiger partial charge < -0.3 is 0 Å². The Morgan fingerprint density at radius 2 is 2.25 bits per heavy atom. The summed E-state index contributed by atoms with van der Waals surface area (Å²) in [6.45, 7) is 0. The molecule has 2 rings (SSSR count). The topological polar surface area (TPSA) is 83.5 Å². The van der Waals surface area contributed by atoms with E-state index in [1.807, 2.05) is 0 Å². The number of hydrogen-bond acceptors (Lipinski definition) is 3. The maximum Gasteiger partial charge on any atom is 0.328 e. The highest BCUT2D eigenvalue weighted by atomic mass is 16.2. The summed E-state index contributed by atoms with van der Waals surface area (Å²) >= 11 is 0. The number of H-pyrrole nitrogens is 2. The lowest BCUT2D eigenvalue weighted by Crippen LogP contribution is -2.27. The molecule has 2 aromatic heterocycles. The minimum atomic E-state index is -0.439. The van der Waals surface area contributed by atoms with E-state index in [1.54, 1.807) is 7.05 Å². The fourth-order valence-corrected chi connectivity index (χ4v) is 1.05. The van der Waals surface area contributed by atoms with Gasteiger partial charge in [-0.1, -0.05) is 0 Å². The largest absolute Gasteiger partial charge is 0.328 e. The molecule has 0 saturated carbocycles. The first-order valence-electron chi connectivity index (χ1n) is 3.32. The van der Waals surface area contributed by atoms with E-state index in [-0.39, 0.29) is 0 Å². The molecule has 0 radical (unpaired) electrons. The van der Waals surface area contributed by atoms with E-state index in [4.69, 9.17) is 0 Å². The van der Waals surface area contributed by atoms with Gasteiger partial charge in [0.05, 0.1) is 11.7 Å². The maximum absolute atomic E-state index is 11.1. The second-order valence-electron chi connectivity index (χ2n) is 2.45. The zero-order valence-electron chi connectivity index (χ0n) is 6.29. The average Bonchev–Trinajstić information content (AvgIpc) is 2.48. The Balaban J connectivity index is 3.18. The van der Waals surface area contributed by atoms with Gasteiger partial charge in [0.2, 0.25) is 0 Å². The Bertz CT molecular complexity index is 532. The molecule has 0 aliphatic carbocycles.